The van der Waals surface area contributed by atoms with Gasteiger partial charge in [0.25, 0.3) is 0 Å². The zero-order valence-electron chi connectivity index (χ0n) is 19.7. The lowest BCUT2D eigenvalue weighted by molar-refractivity contribution is -0.141. The maximum absolute atomic E-state index is 12.5. The molecule has 166 valence electrons. The van der Waals surface area contributed by atoms with Crippen LogP contribution in [0, 0.1) is 19.8 Å². The summed E-state index contributed by atoms with van der Waals surface area (Å²) in [6.45, 7) is 14.1. The lowest BCUT2D eigenvalue weighted by Gasteiger charge is -2.28. The standard InChI is InChI=1S/C25H33N3O3/c1-14-9-11-18(12-10-14)23-22(21(24(29)30)15(2)17(4)31-8)16(3)26-20-13-19(25(5,6)7)27-28(20)23/h9-13,15,17,21H,1-8H3,(H,29,30). The highest BCUT2D eigenvalue weighted by molar-refractivity contribution is 5.82. The van der Waals surface area contributed by atoms with Crippen LogP contribution in [0.3, 0.4) is 0 Å². The van der Waals surface area contributed by atoms with E-state index in [-0.39, 0.29) is 17.4 Å². The van der Waals surface area contributed by atoms with Gasteiger partial charge in [0.15, 0.2) is 5.65 Å². The molecule has 0 aliphatic carbocycles. The van der Waals surface area contributed by atoms with Gasteiger partial charge in [0.05, 0.1) is 23.4 Å². The molecule has 0 amide bonds. The van der Waals surface area contributed by atoms with Gasteiger partial charge in [-0.15, -0.1) is 0 Å². The number of carboxylic acid groups (broad SMARTS) is 1. The number of benzene rings is 1. The topological polar surface area (TPSA) is 76.7 Å². The zero-order valence-corrected chi connectivity index (χ0v) is 19.7. The second kappa shape index (κ2) is 8.42. The minimum absolute atomic E-state index is 0.156. The van der Waals surface area contributed by atoms with Crippen molar-refractivity contribution in [1.29, 1.82) is 0 Å². The van der Waals surface area contributed by atoms with Crippen LogP contribution in [0.15, 0.2) is 30.3 Å². The monoisotopic (exact) mass is 423 g/mol. The van der Waals surface area contributed by atoms with Crippen LogP contribution in [0.4, 0.5) is 0 Å². The fourth-order valence-electron chi connectivity index (χ4n) is 3.96. The van der Waals surface area contributed by atoms with Crippen molar-refractivity contribution in [3.8, 4) is 11.3 Å². The van der Waals surface area contributed by atoms with Crippen LogP contribution >= 0.6 is 0 Å². The van der Waals surface area contributed by atoms with Crippen LogP contribution in [0.25, 0.3) is 16.9 Å². The van der Waals surface area contributed by atoms with Crippen molar-refractivity contribution in [2.45, 2.75) is 65.9 Å². The third kappa shape index (κ3) is 4.35. The number of rotatable bonds is 6. The van der Waals surface area contributed by atoms with Gasteiger partial charge in [0, 0.05) is 35.4 Å². The van der Waals surface area contributed by atoms with Crippen molar-refractivity contribution in [2.75, 3.05) is 7.11 Å². The maximum Gasteiger partial charge on any atom is 0.311 e. The van der Waals surface area contributed by atoms with Gasteiger partial charge in [-0.25, -0.2) is 9.50 Å². The number of nitrogens with zero attached hydrogens (tertiary/aromatic N) is 3. The van der Waals surface area contributed by atoms with E-state index in [1.165, 1.54) is 0 Å². The molecule has 0 aliphatic rings. The van der Waals surface area contributed by atoms with Crippen LogP contribution in [-0.4, -0.2) is 38.9 Å². The highest BCUT2D eigenvalue weighted by Gasteiger charge is 2.36. The molecule has 3 aromatic rings. The molecule has 3 unspecified atom stereocenters. The first-order chi connectivity index (χ1) is 14.5. The molecular weight excluding hydrogens is 390 g/mol. The fraction of sp³-hybridized carbons (Fsp3) is 0.480. The summed E-state index contributed by atoms with van der Waals surface area (Å²) in [6.07, 6.45) is -0.232. The van der Waals surface area contributed by atoms with E-state index in [4.69, 9.17) is 14.8 Å². The predicted molar refractivity (Wildman–Crippen MR) is 123 cm³/mol. The Labute approximate surface area is 184 Å². The summed E-state index contributed by atoms with van der Waals surface area (Å²) in [5.74, 6) is -1.94. The Morgan fingerprint density at radius 3 is 2.26 bits per heavy atom. The second-order valence-corrected chi connectivity index (χ2v) is 9.49. The summed E-state index contributed by atoms with van der Waals surface area (Å²) < 4.78 is 7.31. The molecule has 3 rings (SSSR count). The number of methoxy groups -OCH3 is 1. The molecule has 2 aromatic heterocycles. The molecule has 0 spiro atoms. The van der Waals surface area contributed by atoms with E-state index in [0.717, 1.165) is 28.2 Å². The normalized spacial score (nSPS) is 15.1. The fourth-order valence-corrected chi connectivity index (χ4v) is 3.96. The van der Waals surface area contributed by atoms with Gasteiger partial charge in [0.1, 0.15) is 0 Å². The van der Waals surface area contributed by atoms with E-state index in [9.17, 15) is 9.90 Å². The number of hydrogen-bond donors (Lipinski definition) is 1. The van der Waals surface area contributed by atoms with Gasteiger partial charge in [-0.1, -0.05) is 57.5 Å². The Morgan fingerprint density at radius 2 is 1.74 bits per heavy atom. The highest BCUT2D eigenvalue weighted by Crippen LogP contribution is 2.38. The number of carboxylic acids is 1. The smallest absolute Gasteiger partial charge is 0.311 e. The number of hydrogen-bond acceptors (Lipinski definition) is 4. The highest BCUT2D eigenvalue weighted by atomic mass is 16.5. The average molecular weight is 424 g/mol. The molecule has 0 saturated carbocycles. The first-order valence-corrected chi connectivity index (χ1v) is 10.7. The van der Waals surface area contributed by atoms with Crippen LogP contribution in [-0.2, 0) is 14.9 Å². The number of aryl methyl sites for hydroxylation is 2. The third-order valence-electron chi connectivity index (χ3n) is 6.14. The minimum Gasteiger partial charge on any atom is -0.481 e. The Morgan fingerprint density at radius 1 is 1.13 bits per heavy atom. The molecule has 1 aromatic carbocycles. The van der Waals surface area contributed by atoms with Crippen LogP contribution in [0.1, 0.15) is 63.1 Å². The molecule has 1 N–H and O–H groups in total. The van der Waals surface area contributed by atoms with Crippen LogP contribution in [0.2, 0.25) is 0 Å². The Kier molecular flexibility index (Phi) is 6.23. The molecule has 0 bridgehead atoms. The summed E-state index contributed by atoms with van der Waals surface area (Å²) in [6, 6.07) is 10.1. The minimum atomic E-state index is -0.891. The molecular formula is C25H33N3O3. The number of ether oxygens (including phenoxy) is 1. The number of fused-ring (bicyclic) bond motifs is 1. The van der Waals surface area contributed by atoms with Crippen molar-refractivity contribution in [3.05, 3.63) is 52.8 Å². The first-order valence-electron chi connectivity index (χ1n) is 10.7. The summed E-state index contributed by atoms with van der Waals surface area (Å²) in [5, 5.41) is 15.2. The van der Waals surface area contributed by atoms with Gasteiger partial charge < -0.3 is 9.84 Å². The Hall–Kier alpha value is -2.73. The van der Waals surface area contributed by atoms with Crippen molar-refractivity contribution in [3.63, 3.8) is 0 Å². The SMILES string of the molecule is COC(C)C(C)C(C(=O)O)c1c(C)nc2cc(C(C)(C)C)nn2c1-c1ccc(C)cc1. The molecule has 0 aliphatic heterocycles. The van der Waals surface area contributed by atoms with Crippen LogP contribution in [0.5, 0.6) is 0 Å². The van der Waals surface area contributed by atoms with Crippen molar-refractivity contribution in [2.24, 2.45) is 5.92 Å². The molecule has 3 atom stereocenters. The quantitative estimate of drug-likeness (QED) is 0.593. The summed E-state index contributed by atoms with van der Waals surface area (Å²) in [5.41, 5.74) is 5.70. The maximum atomic E-state index is 12.5. The third-order valence-corrected chi connectivity index (χ3v) is 6.14. The molecule has 6 heteroatoms. The van der Waals surface area contributed by atoms with Gasteiger partial charge in [-0.05, 0) is 26.7 Å². The molecule has 31 heavy (non-hydrogen) atoms. The van der Waals surface area contributed by atoms with Gasteiger partial charge in [-0.2, -0.15) is 5.10 Å². The number of aliphatic carboxylic acids is 1. The van der Waals surface area contributed by atoms with Crippen LogP contribution < -0.4 is 0 Å². The molecule has 0 saturated heterocycles. The lowest BCUT2D eigenvalue weighted by atomic mass is 9.81. The first kappa shape index (κ1) is 22.9. The molecule has 2 heterocycles. The van der Waals surface area contributed by atoms with Crippen molar-refractivity contribution in [1.82, 2.24) is 14.6 Å². The van der Waals surface area contributed by atoms with E-state index in [1.807, 2.05) is 62.5 Å². The predicted octanol–water partition coefficient (Wildman–Crippen LogP) is 5.15. The molecule has 6 nitrogen and oxygen atoms in total. The van der Waals surface area contributed by atoms with E-state index in [2.05, 4.69) is 20.8 Å². The largest absolute Gasteiger partial charge is 0.481 e. The Bertz CT molecular complexity index is 1090. The molecule has 0 fully saturated rings. The van der Waals surface area contributed by atoms with Crippen molar-refractivity contribution < 1.29 is 14.6 Å². The summed E-state index contributed by atoms with van der Waals surface area (Å²) in [4.78, 5) is 17.3. The number of aromatic nitrogens is 3. The summed E-state index contributed by atoms with van der Waals surface area (Å²) in [7, 11) is 1.61. The average Bonchev–Trinajstić information content (AvgIpc) is 3.12. The van der Waals surface area contributed by atoms with Gasteiger partial charge >= 0.3 is 5.97 Å². The Balaban J connectivity index is 2.41. The van der Waals surface area contributed by atoms with E-state index in [0.29, 0.717) is 11.3 Å². The van der Waals surface area contributed by atoms with Crippen molar-refractivity contribution >= 4 is 11.6 Å². The van der Waals surface area contributed by atoms with Gasteiger partial charge in [0.2, 0.25) is 0 Å². The van der Waals surface area contributed by atoms with E-state index < -0.39 is 11.9 Å². The second-order valence-electron chi connectivity index (χ2n) is 9.49. The molecule has 0 radical (unpaired) electrons. The zero-order chi connectivity index (χ0) is 23.1. The van der Waals surface area contributed by atoms with Gasteiger partial charge in [-0.3, -0.25) is 4.79 Å². The number of carbonyl (C=O) groups is 1. The summed E-state index contributed by atoms with van der Waals surface area (Å²) >= 11 is 0. The van der Waals surface area contributed by atoms with E-state index >= 15 is 0 Å². The van der Waals surface area contributed by atoms with E-state index in [1.54, 1.807) is 7.11 Å². The lowest BCUT2D eigenvalue weighted by Crippen LogP contribution is -2.30.